The molecule has 210 valence electrons. The minimum atomic E-state index is -0.398. The van der Waals surface area contributed by atoms with Crippen molar-refractivity contribution in [2.75, 3.05) is 21.1 Å². The number of hydrogen-bond acceptors (Lipinski definition) is 4. The van der Waals surface area contributed by atoms with Gasteiger partial charge in [-0.25, -0.2) is 4.39 Å². The highest BCUT2D eigenvalue weighted by Gasteiger charge is 2.63. The number of hydrogen-bond donors (Lipinski definition) is 2. The standard InChI is InChI=1S/C33H32FN3O4/c1-18-23-16-33(18,17-23)36-31(39)21-7-5-6-20(12-21)25-15-26-27(13-22(25)14-28(38)37(3)4)41-30(29(26)32(40)35-2)19-8-10-24(34)11-9-19/h5-13,15,18,23H,14,16-17H2,1-4H3,(H,35,40)(H,36,39)/t18-,23?,33?/m0/s1. The van der Waals surface area contributed by atoms with Gasteiger partial charge < -0.3 is 20.0 Å². The summed E-state index contributed by atoms with van der Waals surface area (Å²) in [7, 11) is 4.93. The summed E-state index contributed by atoms with van der Waals surface area (Å²) in [5.41, 5.74) is 3.91. The summed E-state index contributed by atoms with van der Waals surface area (Å²) in [6, 6.07) is 16.7. The zero-order valence-electron chi connectivity index (χ0n) is 23.5. The predicted octanol–water partition coefficient (Wildman–Crippen LogP) is 5.42. The van der Waals surface area contributed by atoms with Crippen molar-refractivity contribution in [3.05, 3.63) is 83.2 Å². The Labute approximate surface area is 237 Å². The van der Waals surface area contributed by atoms with Gasteiger partial charge in [-0.15, -0.1) is 0 Å². The third kappa shape index (κ3) is 4.47. The van der Waals surface area contributed by atoms with E-state index >= 15 is 0 Å². The average molecular weight is 554 g/mol. The van der Waals surface area contributed by atoms with Crippen LogP contribution >= 0.6 is 0 Å². The molecule has 4 aromatic rings. The molecule has 3 amide bonds. The van der Waals surface area contributed by atoms with Gasteiger partial charge in [0, 0.05) is 43.2 Å². The lowest BCUT2D eigenvalue weighted by atomic mass is 9.43. The summed E-state index contributed by atoms with van der Waals surface area (Å²) >= 11 is 0. The van der Waals surface area contributed by atoms with E-state index in [2.05, 4.69) is 17.6 Å². The summed E-state index contributed by atoms with van der Waals surface area (Å²) in [5, 5.41) is 6.49. The molecule has 3 saturated carbocycles. The van der Waals surface area contributed by atoms with Gasteiger partial charge in [0.25, 0.3) is 11.8 Å². The zero-order chi connectivity index (χ0) is 29.1. The van der Waals surface area contributed by atoms with Gasteiger partial charge in [-0.2, -0.15) is 0 Å². The molecule has 3 fully saturated rings. The largest absolute Gasteiger partial charge is 0.455 e. The van der Waals surface area contributed by atoms with Crippen LogP contribution < -0.4 is 10.6 Å². The molecule has 41 heavy (non-hydrogen) atoms. The summed E-state index contributed by atoms with van der Waals surface area (Å²) in [4.78, 5) is 40.8. The van der Waals surface area contributed by atoms with Gasteiger partial charge in [0.15, 0.2) is 0 Å². The molecule has 0 saturated heterocycles. The number of nitrogens with one attached hydrogen (secondary N) is 2. The second-order valence-corrected chi connectivity index (χ2v) is 11.5. The molecule has 1 aromatic heterocycles. The Bertz CT molecular complexity index is 1700. The van der Waals surface area contributed by atoms with Crippen LogP contribution in [0.25, 0.3) is 33.4 Å². The van der Waals surface area contributed by atoms with E-state index in [1.54, 1.807) is 38.4 Å². The second kappa shape index (κ2) is 9.87. The monoisotopic (exact) mass is 553 g/mol. The van der Waals surface area contributed by atoms with Gasteiger partial charge in [0.05, 0.1) is 12.0 Å². The number of fused-ring (bicyclic) bond motifs is 1. The van der Waals surface area contributed by atoms with Crippen LogP contribution in [-0.2, 0) is 11.2 Å². The summed E-state index contributed by atoms with van der Waals surface area (Å²) in [5.74, 6) is 0.556. The number of rotatable bonds is 7. The zero-order valence-corrected chi connectivity index (χ0v) is 23.5. The van der Waals surface area contributed by atoms with E-state index < -0.39 is 5.82 Å². The number of halogens is 1. The topological polar surface area (TPSA) is 91.7 Å². The second-order valence-electron chi connectivity index (χ2n) is 11.5. The van der Waals surface area contributed by atoms with Crippen molar-refractivity contribution in [3.8, 4) is 22.5 Å². The first-order valence-electron chi connectivity index (χ1n) is 13.8. The van der Waals surface area contributed by atoms with Crippen LogP contribution in [0, 0.1) is 17.7 Å². The van der Waals surface area contributed by atoms with Gasteiger partial charge in [-0.1, -0.05) is 19.1 Å². The third-order valence-electron chi connectivity index (χ3n) is 8.94. The predicted molar refractivity (Wildman–Crippen MR) is 155 cm³/mol. The van der Waals surface area contributed by atoms with Gasteiger partial charge >= 0.3 is 0 Å². The van der Waals surface area contributed by atoms with Crippen molar-refractivity contribution in [1.82, 2.24) is 15.5 Å². The number of carbonyl (C=O) groups is 3. The fourth-order valence-corrected chi connectivity index (χ4v) is 6.15. The van der Waals surface area contributed by atoms with Gasteiger partial charge in [0.2, 0.25) is 5.91 Å². The minimum Gasteiger partial charge on any atom is -0.455 e. The van der Waals surface area contributed by atoms with Crippen molar-refractivity contribution in [1.29, 1.82) is 0 Å². The third-order valence-corrected chi connectivity index (χ3v) is 8.94. The molecule has 8 heteroatoms. The van der Waals surface area contributed by atoms with E-state index in [4.69, 9.17) is 4.42 Å². The molecule has 3 aromatic carbocycles. The van der Waals surface area contributed by atoms with Gasteiger partial charge in [-0.3, -0.25) is 14.4 Å². The summed E-state index contributed by atoms with van der Waals surface area (Å²) in [6.07, 6.45) is 2.16. The summed E-state index contributed by atoms with van der Waals surface area (Å²) < 4.78 is 19.9. The molecular formula is C33H32FN3O4. The van der Waals surface area contributed by atoms with E-state index in [9.17, 15) is 18.8 Å². The molecule has 0 aliphatic heterocycles. The van der Waals surface area contributed by atoms with Crippen LogP contribution in [0.2, 0.25) is 0 Å². The molecule has 7 rings (SSSR count). The van der Waals surface area contributed by atoms with E-state index in [1.807, 2.05) is 24.3 Å². The number of furan rings is 1. The van der Waals surface area contributed by atoms with E-state index in [-0.39, 0.29) is 29.7 Å². The quantitative estimate of drug-likeness (QED) is 0.320. The molecule has 1 heterocycles. The first kappa shape index (κ1) is 26.7. The molecule has 1 atom stereocenters. The minimum absolute atomic E-state index is 0.0874. The molecular weight excluding hydrogens is 521 g/mol. The molecule has 0 unspecified atom stereocenters. The SMILES string of the molecule is CNC(=O)c1c(-c2ccc(F)cc2)oc2cc(CC(=O)N(C)C)c(-c3cccc(C(=O)NC45CC(C4)[C@@H]5C)c3)cc12. The van der Waals surface area contributed by atoms with Crippen molar-refractivity contribution >= 4 is 28.7 Å². The van der Waals surface area contributed by atoms with Crippen LogP contribution in [0.15, 0.2) is 65.1 Å². The van der Waals surface area contributed by atoms with Crippen LogP contribution in [-0.4, -0.2) is 49.3 Å². The Balaban J connectivity index is 1.48. The highest BCUT2D eigenvalue weighted by Crippen LogP contribution is 2.61. The van der Waals surface area contributed by atoms with E-state index in [0.717, 1.165) is 29.9 Å². The Morgan fingerprint density at radius 1 is 1.00 bits per heavy atom. The Morgan fingerprint density at radius 2 is 1.73 bits per heavy atom. The van der Waals surface area contributed by atoms with Crippen LogP contribution in [0.3, 0.4) is 0 Å². The smallest absolute Gasteiger partial charge is 0.255 e. The van der Waals surface area contributed by atoms with Crippen LogP contribution in [0.5, 0.6) is 0 Å². The van der Waals surface area contributed by atoms with Crippen molar-refractivity contribution < 1.29 is 23.2 Å². The number of nitrogens with zero attached hydrogens (tertiary/aromatic N) is 1. The molecule has 2 bridgehead atoms. The lowest BCUT2D eigenvalue weighted by Crippen LogP contribution is -2.74. The Kier molecular flexibility index (Phi) is 6.44. The van der Waals surface area contributed by atoms with Gasteiger partial charge in [0.1, 0.15) is 17.2 Å². The highest BCUT2D eigenvalue weighted by atomic mass is 19.1. The average Bonchev–Trinajstić information content (AvgIpc) is 3.32. The molecule has 3 aliphatic carbocycles. The summed E-state index contributed by atoms with van der Waals surface area (Å²) in [6.45, 7) is 2.19. The molecule has 7 nitrogen and oxygen atoms in total. The maximum atomic E-state index is 13.7. The Morgan fingerprint density at radius 3 is 2.34 bits per heavy atom. The lowest BCUT2D eigenvalue weighted by Gasteiger charge is -2.67. The molecule has 0 spiro atoms. The maximum Gasteiger partial charge on any atom is 0.255 e. The first-order valence-corrected chi connectivity index (χ1v) is 13.8. The number of likely N-dealkylation sites (N-methyl/N-ethyl adjacent to an activating group) is 1. The van der Waals surface area contributed by atoms with Crippen molar-refractivity contribution in [2.45, 2.75) is 31.7 Å². The lowest BCUT2D eigenvalue weighted by molar-refractivity contribution is -0.127. The fraction of sp³-hybridized carbons (Fsp3) is 0.303. The van der Waals surface area contributed by atoms with Crippen LogP contribution in [0.4, 0.5) is 4.39 Å². The number of carbonyl (C=O) groups excluding carboxylic acids is 3. The molecule has 0 radical (unpaired) electrons. The molecule has 3 aliphatic rings. The normalized spacial score (nSPS) is 20.6. The van der Waals surface area contributed by atoms with Crippen molar-refractivity contribution in [3.63, 3.8) is 0 Å². The first-order chi connectivity index (χ1) is 19.6. The molecule has 2 N–H and O–H groups in total. The maximum absolute atomic E-state index is 13.7. The fourth-order valence-electron chi connectivity index (χ4n) is 6.15. The number of amides is 3. The highest BCUT2D eigenvalue weighted by molar-refractivity contribution is 6.12. The Hall–Kier alpha value is -4.46. The van der Waals surface area contributed by atoms with E-state index in [1.165, 1.54) is 24.1 Å². The van der Waals surface area contributed by atoms with Gasteiger partial charge in [-0.05, 0) is 89.9 Å². The number of benzene rings is 3. The van der Waals surface area contributed by atoms with Crippen molar-refractivity contribution in [2.24, 2.45) is 11.8 Å². The van der Waals surface area contributed by atoms with E-state index in [0.29, 0.717) is 44.9 Å². The van der Waals surface area contributed by atoms with Crippen LogP contribution in [0.1, 0.15) is 46.0 Å².